The number of anilines is 1. The van der Waals surface area contributed by atoms with Crippen LogP contribution in [0.4, 0.5) is 10.7 Å². The predicted molar refractivity (Wildman–Crippen MR) is 167 cm³/mol. The minimum atomic E-state index is -0.528. The third-order valence-corrected chi connectivity index (χ3v) is 7.05. The maximum absolute atomic E-state index is 12.6. The second kappa shape index (κ2) is 12.2. The van der Waals surface area contributed by atoms with Crippen LogP contribution in [0.5, 0.6) is 0 Å². The molecule has 1 aromatic heterocycles. The van der Waals surface area contributed by atoms with Crippen LogP contribution in [0.15, 0.2) is 66.9 Å². The molecule has 0 radical (unpaired) electrons. The van der Waals surface area contributed by atoms with Gasteiger partial charge in [-0.25, -0.2) is 14.8 Å². The first kappa shape index (κ1) is 29.0. The Morgan fingerprint density at radius 3 is 2.57 bits per heavy atom. The Labute approximate surface area is 247 Å². The van der Waals surface area contributed by atoms with Gasteiger partial charge in [0.15, 0.2) is 0 Å². The fourth-order valence-corrected chi connectivity index (χ4v) is 4.82. The molecule has 42 heavy (non-hydrogen) atoms. The number of nitrogens with zero attached hydrogens (tertiary/aromatic N) is 2. The molecule has 218 valence electrons. The molecule has 8 heteroatoms. The summed E-state index contributed by atoms with van der Waals surface area (Å²) >= 11 is 0. The van der Waals surface area contributed by atoms with Gasteiger partial charge in [0.05, 0.1) is 5.52 Å². The van der Waals surface area contributed by atoms with Crippen molar-refractivity contribution in [1.82, 2.24) is 20.6 Å². The van der Waals surface area contributed by atoms with Gasteiger partial charge in [-0.05, 0) is 106 Å². The van der Waals surface area contributed by atoms with E-state index in [1.165, 1.54) is 0 Å². The van der Waals surface area contributed by atoms with E-state index in [2.05, 4.69) is 53.0 Å². The van der Waals surface area contributed by atoms with Gasteiger partial charge >= 0.3 is 6.09 Å². The quantitative estimate of drug-likeness (QED) is 0.212. The van der Waals surface area contributed by atoms with Crippen LogP contribution in [0.1, 0.15) is 67.6 Å². The molecule has 2 amide bonds. The zero-order valence-corrected chi connectivity index (χ0v) is 25.0. The van der Waals surface area contributed by atoms with Crippen molar-refractivity contribution < 1.29 is 14.3 Å². The average molecular weight is 566 g/mol. The van der Waals surface area contributed by atoms with E-state index in [4.69, 9.17) is 9.72 Å². The third kappa shape index (κ3) is 7.84. The average Bonchev–Trinajstić information content (AvgIpc) is 3.75. The zero-order valence-electron chi connectivity index (χ0n) is 25.0. The SMILES string of the molecule is Cc1ccc(C(=O)NC2CC2)cc1-c1ccc2nc(N[C@@H](C)Cc3cccc(CNC(=O)OC(C)(C)C)c3)ncc2c1. The number of carbonyl (C=O) groups is 2. The molecule has 0 saturated heterocycles. The molecule has 0 bridgehead atoms. The molecule has 8 nitrogen and oxygen atoms in total. The Morgan fingerprint density at radius 1 is 1.02 bits per heavy atom. The summed E-state index contributed by atoms with van der Waals surface area (Å²) in [6.45, 7) is 10.1. The number of carbonyl (C=O) groups excluding carboxylic acids is 2. The van der Waals surface area contributed by atoms with E-state index in [1.54, 1.807) is 0 Å². The molecule has 1 aliphatic carbocycles. The molecule has 3 aromatic carbocycles. The highest BCUT2D eigenvalue weighted by atomic mass is 16.6. The second-order valence-electron chi connectivity index (χ2n) is 12.2. The van der Waals surface area contributed by atoms with Crippen LogP contribution in [-0.2, 0) is 17.7 Å². The molecule has 1 fully saturated rings. The monoisotopic (exact) mass is 565 g/mol. The molecule has 0 spiro atoms. The number of hydrogen-bond donors (Lipinski definition) is 3. The van der Waals surface area contributed by atoms with E-state index < -0.39 is 11.7 Å². The van der Waals surface area contributed by atoms with Crippen molar-refractivity contribution in [3.8, 4) is 11.1 Å². The van der Waals surface area contributed by atoms with E-state index in [0.717, 1.165) is 58.0 Å². The number of fused-ring (bicyclic) bond motifs is 1. The van der Waals surface area contributed by atoms with Crippen LogP contribution in [-0.4, -0.2) is 39.7 Å². The number of rotatable bonds is 9. The number of hydrogen-bond acceptors (Lipinski definition) is 6. The van der Waals surface area contributed by atoms with Crippen LogP contribution >= 0.6 is 0 Å². The number of alkyl carbamates (subject to hydrolysis) is 1. The van der Waals surface area contributed by atoms with Crippen LogP contribution in [0.2, 0.25) is 0 Å². The van der Waals surface area contributed by atoms with Crippen LogP contribution < -0.4 is 16.0 Å². The van der Waals surface area contributed by atoms with E-state index >= 15 is 0 Å². The number of benzene rings is 3. The summed E-state index contributed by atoms with van der Waals surface area (Å²) in [5, 5.41) is 10.2. The maximum atomic E-state index is 12.6. The summed E-state index contributed by atoms with van der Waals surface area (Å²) in [7, 11) is 0. The van der Waals surface area contributed by atoms with Gasteiger partial charge in [-0.2, -0.15) is 0 Å². The summed E-state index contributed by atoms with van der Waals surface area (Å²) in [5.41, 5.74) is 6.31. The highest BCUT2D eigenvalue weighted by Crippen LogP contribution is 2.28. The van der Waals surface area contributed by atoms with Crippen molar-refractivity contribution in [3.05, 3.63) is 89.1 Å². The summed E-state index contributed by atoms with van der Waals surface area (Å²) in [4.78, 5) is 33.9. The summed E-state index contributed by atoms with van der Waals surface area (Å²) in [5.74, 6) is 0.553. The lowest BCUT2D eigenvalue weighted by molar-refractivity contribution is 0.0523. The Balaban J connectivity index is 1.22. The molecule has 3 N–H and O–H groups in total. The smallest absolute Gasteiger partial charge is 0.407 e. The first-order valence-electron chi connectivity index (χ1n) is 14.5. The molecule has 5 rings (SSSR count). The van der Waals surface area contributed by atoms with Gasteiger partial charge in [-0.15, -0.1) is 0 Å². The standard InChI is InChI=1S/C34H39N5O3/c1-21-9-10-26(31(40)38-28-12-13-28)18-29(21)25-11-14-30-27(17-25)20-35-32(39-30)37-22(2)15-23-7-6-8-24(16-23)19-36-33(41)42-34(3,4)5/h6-11,14,16-18,20,22,28H,12-13,15,19H2,1-5H3,(H,36,41)(H,38,40)(H,35,37,39)/t22-/m0/s1. The number of nitrogens with one attached hydrogen (secondary N) is 3. The molecule has 0 aliphatic heterocycles. The first-order chi connectivity index (χ1) is 20.0. The van der Waals surface area contributed by atoms with Crippen LogP contribution in [0.3, 0.4) is 0 Å². The van der Waals surface area contributed by atoms with Gasteiger partial charge < -0.3 is 20.7 Å². The molecule has 1 aliphatic rings. The van der Waals surface area contributed by atoms with Crippen LogP contribution in [0.25, 0.3) is 22.0 Å². The van der Waals surface area contributed by atoms with Gasteiger partial charge in [0.1, 0.15) is 5.60 Å². The van der Waals surface area contributed by atoms with E-state index in [9.17, 15) is 9.59 Å². The fourth-order valence-electron chi connectivity index (χ4n) is 4.82. The van der Waals surface area contributed by atoms with Gasteiger partial charge in [0.25, 0.3) is 5.91 Å². The molecule has 1 heterocycles. The van der Waals surface area contributed by atoms with Crippen molar-refractivity contribution in [2.45, 2.75) is 78.1 Å². The minimum Gasteiger partial charge on any atom is -0.444 e. The van der Waals surface area contributed by atoms with E-state index in [-0.39, 0.29) is 11.9 Å². The van der Waals surface area contributed by atoms with Gasteiger partial charge in [0.2, 0.25) is 5.95 Å². The zero-order chi connectivity index (χ0) is 29.9. The lowest BCUT2D eigenvalue weighted by Crippen LogP contribution is -2.32. The molecule has 1 saturated carbocycles. The summed E-state index contributed by atoms with van der Waals surface area (Å²) in [6.07, 6.45) is 4.30. The Hall–Kier alpha value is -4.46. The van der Waals surface area contributed by atoms with Crippen LogP contribution in [0, 0.1) is 6.92 Å². The van der Waals surface area contributed by atoms with Crippen molar-refractivity contribution in [2.75, 3.05) is 5.32 Å². The topological polar surface area (TPSA) is 105 Å². The normalized spacial score (nSPS) is 13.8. The number of ether oxygens (including phenoxy) is 1. The molecule has 0 unspecified atom stereocenters. The molecule has 1 atom stereocenters. The number of aryl methyl sites for hydroxylation is 1. The van der Waals surface area contributed by atoms with Crippen molar-refractivity contribution in [1.29, 1.82) is 0 Å². The fraction of sp³-hybridized carbons (Fsp3) is 0.353. The number of aromatic nitrogens is 2. The predicted octanol–water partition coefficient (Wildman–Crippen LogP) is 6.57. The third-order valence-electron chi connectivity index (χ3n) is 7.05. The Bertz CT molecular complexity index is 1610. The Morgan fingerprint density at radius 2 is 1.81 bits per heavy atom. The second-order valence-corrected chi connectivity index (χ2v) is 12.2. The largest absolute Gasteiger partial charge is 0.444 e. The van der Waals surface area contributed by atoms with Crippen molar-refractivity contribution in [3.63, 3.8) is 0 Å². The van der Waals surface area contributed by atoms with E-state index in [1.807, 2.05) is 69.4 Å². The van der Waals surface area contributed by atoms with E-state index in [0.29, 0.717) is 24.1 Å². The molecular formula is C34H39N5O3. The minimum absolute atomic E-state index is 0.0168. The highest BCUT2D eigenvalue weighted by molar-refractivity contribution is 5.96. The van der Waals surface area contributed by atoms with Gasteiger partial charge in [0, 0.05) is 35.8 Å². The first-order valence-corrected chi connectivity index (χ1v) is 14.5. The lowest BCUT2D eigenvalue weighted by atomic mass is 9.97. The summed E-state index contributed by atoms with van der Waals surface area (Å²) < 4.78 is 5.32. The van der Waals surface area contributed by atoms with Gasteiger partial charge in [-0.1, -0.05) is 36.4 Å². The lowest BCUT2D eigenvalue weighted by Gasteiger charge is -2.20. The highest BCUT2D eigenvalue weighted by Gasteiger charge is 2.24. The molecular weight excluding hydrogens is 526 g/mol. The Kier molecular flexibility index (Phi) is 8.43. The maximum Gasteiger partial charge on any atom is 0.407 e. The van der Waals surface area contributed by atoms with Crippen molar-refractivity contribution >= 4 is 28.9 Å². The number of amides is 2. The summed E-state index contributed by atoms with van der Waals surface area (Å²) in [6, 6.07) is 20.5. The van der Waals surface area contributed by atoms with Gasteiger partial charge in [-0.3, -0.25) is 4.79 Å². The molecule has 4 aromatic rings. The van der Waals surface area contributed by atoms with Crippen molar-refractivity contribution in [2.24, 2.45) is 0 Å².